The van der Waals surface area contributed by atoms with E-state index in [0.29, 0.717) is 35.6 Å². The number of carbonyl (C=O) groups is 1. The van der Waals surface area contributed by atoms with Crippen LogP contribution in [0.1, 0.15) is 23.9 Å². The van der Waals surface area contributed by atoms with Crippen molar-refractivity contribution in [1.82, 2.24) is 14.8 Å². The van der Waals surface area contributed by atoms with E-state index in [-0.39, 0.29) is 11.7 Å². The van der Waals surface area contributed by atoms with Crippen LogP contribution in [-0.2, 0) is 18.4 Å². The minimum absolute atomic E-state index is 0.136. The summed E-state index contributed by atoms with van der Waals surface area (Å²) in [6, 6.07) is 13.4. The maximum Gasteiger partial charge on any atom is 0.234 e. The van der Waals surface area contributed by atoms with E-state index in [1.165, 1.54) is 22.9 Å². The van der Waals surface area contributed by atoms with Crippen molar-refractivity contribution in [2.24, 2.45) is 7.05 Å². The highest BCUT2D eigenvalue weighted by molar-refractivity contribution is 7.99. The number of amides is 1. The first-order valence-electron chi connectivity index (χ1n) is 9.70. The first-order valence-corrected chi connectivity index (χ1v) is 10.7. The van der Waals surface area contributed by atoms with Crippen LogP contribution in [0.2, 0.25) is 0 Å². The Labute approximate surface area is 180 Å². The van der Waals surface area contributed by atoms with Crippen molar-refractivity contribution in [1.29, 1.82) is 0 Å². The number of thioether (sulfide) groups is 1. The summed E-state index contributed by atoms with van der Waals surface area (Å²) in [5.41, 5.74) is 3.06. The molecule has 0 bridgehead atoms. The fourth-order valence-corrected chi connectivity index (χ4v) is 3.45. The van der Waals surface area contributed by atoms with E-state index in [4.69, 9.17) is 9.47 Å². The van der Waals surface area contributed by atoms with Crippen molar-refractivity contribution < 1.29 is 14.3 Å². The van der Waals surface area contributed by atoms with Gasteiger partial charge in [-0.3, -0.25) is 4.79 Å². The molecule has 0 aliphatic rings. The third kappa shape index (κ3) is 5.54. The Morgan fingerprint density at radius 3 is 2.67 bits per heavy atom. The molecule has 2 aromatic carbocycles. The monoisotopic (exact) mass is 426 g/mol. The van der Waals surface area contributed by atoms with Crippen LogP contribution in [0.4, 0.5) is 5.69 Å². The molecule has 30 heavy (non-hydrogen) atoms. The van der Waals surface area contributed by atoms with Crippen molar-refractivity contribution in [2.75, 3.05) is 17.7 Å². The normalized spacial score (nSPS) is 10.7. The molecule has 1 amide bonds. The number of nitrogens with one attached hydrogen (secondary N) is 1. The van der Waals surface area contributed by atoms with Crippen molar-refractivity contribution in [3.05, 3.63) is 59.4 Å². The number of hydrogen-bond acceptors (Lipinski definition) is 6. The number of aryl methyl sites for hydroxylation is 2. The number of nitrogens with zero attached hydrogens (tertiary/aromatic N) is 3. The third-order valence-electron chi connectivity index (χ3n) is 4.56. The quantitative estimate of drug-likeness (QED) is 0.518. The van der Waals surface area contributed by atoms with Crippen LogP contribution in [0.15, 0.2) is 47.6 Å². The molecule has 0 unspecified atom stereocenters. The van der Waals surface area contributed by atoms with Crippen molar-refractivity contribution in [3.63, 3.8) is 0 Å². The molecule has 0 radical (unpaired) electrons. The Hall–Kier alpha value is -3.00. The van der Waals surface area contributed by atoms with Crippen molar-refractivity contribution in [3.8, 4) is 11.5 Å². The van der Waals surface area contributed by atoms with E-state index in [1.807, 2.05) is 61.0 Å². The van der Waals surface area contributed by atoms with Gasteiger partial charge in [0.05, 0.1) is 18.0 Å². The van der Waals surface area contributed by atoms with Crippen LogP contribution in [0.3, 0.4) is 0 Å². The molecule has 0 saturated heterocycles. The Morgan fingerprint density at radius 2 is 1.90 bits per heavy atom. The second-order valence-corrected chi connectivity index (χ2v) is 7.70. The number of hydrogen-bond donors (Lipinski definition) is 1. The molecule has 3 rings (SSSR count). The van der Waals surface area contributed by atoms with Crippen LogP contribution < -0.4 is 14.8 Å². The van der Waals surface area contributed by atoms with E-state index in [9.17, 15) is 4.79 Å². The molecule has 8 heteroatoms. The summed E-state index contributed by atoms with van der Waals surface area (Å²) in [4.78, 5) is 12.4. The van der Waals surface area contributed by atoms with E-state index < -0.39 is 0 Å². The third-order valence-corrected chi connectivity index (χ3v) is 5.58. The largest absolute Gasteiger partial charge is 0.492 e. The van der Waals surface area contributed by atoms with E-state index in [1.54, 1.807) is 0 Å². The van der Waals surface area contributed by atoms with E-state index in [2.05, 4.69) is 29.4 Å². The van der Waals surface area contributed by atoms with Crippen LogP contribution in [0.5, 0.6) is 11.5 Å². The van der Waals surface area contributed by atoms with Gasteiger partial charge in [0.15, 0.2) is 11.0 Å². The molecule has 3 aromatic rings. The van der Waals surface area contributed by atoms with Gasteiger partial charge in [-0.1, -0.05) is 30.0 Å². The van der Waals surface area contributed by atoms with Gasteiger partial charge in [0.1, 0.15) is 18.1 Å². The lowest BCUT2D eigenvalue weighted by Crippen LogP contribution is -2.15. The number of ether oxygens (including phenoxy) is 2. The zero-order valence-corrected chi connectivity index (χ0v) is 18.5. The minimum Gasteiger partial charge on any atom is -0.492 e. The predicted molar refractivity (Wildman–Crippen MR) is 118 cm³/mol. The summed E-state index contributed by atoms with van der Waals surface area (Å²) in [5, 5.41) is 11.9. The smallest absolute Gasteiger partial charge is 0.234 e. The molecule has 0 aliphatic heterocycles. The molecule has 1 heterocycles. The van der Waals surface area contributed by atoms with Gasteiger partial charge in [-0.2, -0.15) is 0 Å². The Balaban J connectivity index is 1.54. The average molecular weight is 427 g/mol. The number of rotatable bonds is 9. The van der Waals surface area contributed by atoms with E-state index in [0.717, 1.165) is 5.75 Å². The fraction of sp³-hybridized carbons (Fsp3) is 0.318. The second kappa shape index (κ2) is 10.2. The number of benzene rings is 2. The standard InChI is InChI=1S/C22H26N4O3S/c1-5-28-19-9-7-6-8-18(19)23-21(27)14-30-22-25-24-20(26(22)4)13-29-17-11-10-15(2)16(3)12-17/h6-12H,5,13-14H2,1-4H3,(H,23,27). The van der Waals surface area contributed by atoms with Gasteiger partial charge in [0.2, 0.25) is 5.91 Å². The van der Waals surface area contributed by atoms with Gasteiger partial charge in [-0.15, -0.1) is 10.2 Å². The summed E-state index contributed by atoms with van der Waals surface area (Å²) >= 11 is 1.32. The maximum absolute atomic E-state index is 12.4. The minimum atomic E-state index is -0.136. The van der Waals surface area contributed by atoms with Gasteiger partial charge in [0, 0.05) is 7.05 Å². The molecular weight excluding hydrogens is 400 g/mol. The number of para-hydroxylation sites is 2. The molecule has 158 valence electrons. The Bertz CT molecular complexity index is 1020. The Kier molecular flexibility index (Phi) is 7.35. The van der Waals surface area contributed by atoms with Crippen molar-refractivity contribution >= 4 is 23.4 Å². The molecule has 1 N–H and O–H groups in total. The highest BCUT2D eigenvalue weighted by Gasteiger charge is 2.13. The first-order chi connectivity index (χ1) is 14.5. The molecule has 0 spiro atoms. The van der Waals surface area contributed by atoms with Crippen LogP contribution >= 0.6 is 11.8 Å². The summed E-state index contributed by atoms with van der Waals surface area (Å²) in [7, 11) is 1.86. The topological polar surface area (TPSA) is 78.3 Å². The fourth-order valence-electron chi connectivity index (χ4n) is 2.72. The average Bonchev–Trinajstić information content (AvgIpc) is 3.08. The van der Waals surface area contributed by atoms with Crippen molar-refractivity contribution in [2.45, 2.75) is 32.5 Å². The van der Waals surface area contributed by atoms with Gasteiger partial charge < -0.3 is 19.4 Å². The lowest BCUT2D eigenvalue weighted by molar-refractivity contribution is -0.113. The predicted octanol–water partition coefficient (Wildman–Crippen LogP) is 4.14. The van der Waals surface area contributed by atoms with Gasteiger partial charge in [-0.25, -0.2) is 0 Å². The molecule has 0 aliphatic carbocycles. The molecule has 0 saturated carbocycles. The lowest BCUT2D eigenvalue weighted by atomic mass is 10.1. The SMILES string of the molecule is CCOc1ccccc1NC(=O)CSc1nnc(COc2ccc(C)c(C)c2)n1C. The van der Waals surface area contributed by atoms with E-state index >= 15 is 0 Å². The van der Waals surface area contributed by atoms with Gasteiger partial charge in [-0.05, 0) is 56.2 Å². The summed E-state index contributed by atoms with van der Waals surface area (Å²) in [6.45, 7) is 6.87. The molecular formula is C22H26N4O3S. The summed E-state index contributed by atoms with van der Waals surface area (Å²) < 4.78 is 13.2. The summed E-state index contributed by atoms with van der Waals surface area (Å²) in [5.74, 6) is 2.22. The molecule has 7 nitrogen and oxygen atoms in total. The van der Waals surface area contributed by atoms with Crippen LogP contribution in [0.25, 0.3) is 0 Å². The van der Waals surface area contributed by atoms with Crippen LogP contribution in [-0.4, -0.2) is 33.0 Å². The maximum atomic E-state index is 12.4. The zero-order valence-electron chi connectivity index (χ0n) is 17.6. The highest BCUT2D eigenvalue weighted by Crippen LogP contribution is 2.24. The number of carbonyl (C=O) groups excluding carboxylic acids is 1. The zero-order chi connectivity index (χ0) is 21.5. The number of aromatic nitrogens is 3. The molecule has 1 aromatic heterocycles. The Morgan fingerprint density at radius 1 is 1.10 bits per heavy atom. The molecule has 0 atom stereocenters. The summed E-state index contributed by atoms with van der Waals surface area (Å²) in [6.07, 6.45) is 0. The molecule has 0 fully saturated rings. The highest BCUT2D eigenvalue weighted by atomic mass is 32.2. The van der Waals surface area contributed by atoms with Gasteiger partial charge in [0.25, 0.3) is 0 Å². The van der Waals surface area contributed by atoms with Crippen LogP contribution in [0, 0.1) is 13.8 Å². The number of anilines is 1. The van der Waals surface area contributed by atoms with Gasteiger partial charge >= 0.3 is 0 Å². The lowest BCUT2D eigenvalue weighted by Gasteiger charge is -2.11. The first kappa shape index (κ1) is 21.7. The second-order valence-electron chi connectivity index (χ2n) is 6.76.